The highest BCUT2D eigenvalue weighted by atomic mass is 35.5. The van der Waals surface area contributed by atoms with Crippen molar-refractivity contribution in [2.75, 3.05) is 16.8 Å². The zero-order valence-electron chi connectivity index (χ0n) is 12.9. The van der Waals surface area contributed by atoms with Gasteiger partial charge in [0.1, 0.15) is 5.82 Å². The molecule has 1 N–H and O–H groups in total. The Morgan fingerprint density at radius 1 is 1.12 bits per heavy atom. The second-order valence-electron chi connectivity index (χ2n) is 5.08. The SMILES string of the molecule is CC(=O)N(CCC(=O)Nc1ccc(Cl)c(Cl)c1)c1cccc(F)c1. The molecule has 2 rings (SSSR count). The highest BCUT2D eigenvalue weighted by molar-refractivity contribution is 6.42. The maximum absolute atomic E-state index is 13.3. The van der Waals surface area contributed by atoms with Crippen LogP contribution in [0, 0.1) is 5.82 Å². The van der Waals surface area contributed by atoms with E-state index in [4.69, 9.17) is 23.2 Å². The molecule has 4 nitrogen and oxygen atoms in total. The quantitative estimate of drug-likeness (QED) is 0.843. The fourth-order valence-electron chi connectivity index (χ4n) is 2.12. The molecule has 0 heterocycles. The molecule has 0 atom stereocenters. The Hall–Kier alpha value is -2.11. The number of nitrogens with zero attached hydrogens (tertiary/aromatic N) is 1. The molecule has 0 aliphatic rings. The summed E-state index contributed by atoms with van der Waals surface area (Å²) < 4.78 is 13.3. The molecule has 0 aromatic heterocycles. The van der Waals surface area contributed by atoms with Crippen molar-refractivity contribution >= 4 is 46.4 Å². The van der Waals surface area contributed by atoms with Crippen molar-refractivity contribution in [3.8, 4) is 0 Å². The minimum absolute atomic E-state index is 0.0519. The van der Waals surface area contributed by atoms with Crippen LogP contribution in [0.15, 0.2) is 42.5 Å². The van der Waals surface area contributed by atoms with E-state index in [0.29, 0.717) is 21.4 Å². The van der Waals surface area contributed by atoms with Crippen LogP contribution in [0.5, 0.6) is 0 Å². The third-order valence-electron chi connectivity index (χ3n) is 3.27. The number of halogens is 3. The number of carbonyl (C=O) groups is 2. The molecule has 0 radical (unpaired) electrons. The summed E-state index contributed by atoms with van der Waals surface area (Å²) in [5, 5.41) is 3.40. The van der Waals surface area contributed by atoms with Crippen LogP contribution in [0.1, 0.15) is 13.3 Å². The zero-order valence-corrected chi connectivity index (χ0v) is 14.4. The van der Waals surface area contributed by atoms with Gasteiger partial charge < -0.3 is 10.2 Å². The first-order valence-electron chi connectivity index (χ1n) is 7.15. The second-order valence-corrected chi connectivity index (χ2v) is 5.89. The summed E-state index contributed by atoms with van der Waals surface area (Å²) >= 11 is 11.7. The van der Waals surface area contributed by atoms with Crippen LogP contribution < -0.4 is 10.2 Å². The lowest BCUT2D eigenvalue weighted by atomic mass is 10.2. The Morgan fingerprint density at radius 2 is 1.88 bits per heavy atom. The van der Waals surface area contributed by atoms with Crippen molar-refractivity contribution in [3.05, 3.63) is 58.3 Å². The van der Waals surface area contributed by atoms with E-state index in [-0.39, 0.29) is 24.8 Å². The van der Waals surface area contributed by atoms with Crippen LogP contribution in [0.2, 0.25) is 10.0 Å². The lowest BCUT2D eigenvalue weighted by Crippen LogP contribution is -2.32. The van der Waals surface area contributed by atoms with Crippen molar-refractivity contribution in [3.63, 3.8) is 0 Å². The molecule has 0 saturated heterocycles. The number of anilines is 2. The summed E-state index contributed by atoms with van der Waals surface area (Å²) in [6.45, 7) is 1.49. The molecule has 2 aromatic rings. The molecule has 24 heavy (non-hydrogen) atoms. The van der Waals surface area contributed by atoms with E-state index >= 15 is 0 Å². The van der Waals surface area contributed by atoms with Crippen molar-refractivity contribution in [1.29, 1.82) is 0 Å². The molecule has 0 unspecified atom stereocenters. The molecule has 7 heteroatoms. The fourth-order valence-corrected chi connectivity index (χ4v) is 2.42. The summed E-state index contributed by atoms with van der Waals surface area (Å²) in [5.41, 5.74) is 0.916. The van der Waals surface area contributed by atoms with Crippen molar-refractivity contribution in [2.24, 2.45) is 0 Å². The molecule has 0 aliphatic carbocycles. The van der Waals surface area contributed by atoms with Crippen LogP contribution in [-0.2, 0) is 9.59 Å². The highest BCUT2D eigenvalue weighted by Gasteiger charge is 2.14. The van der Waals surface area contributed by atoms with Crippen LogP contribution in [0.3, 0.4) is 0 Å². The number of amides is 2. The molecule has 0 aliphatic heterocycles. The third-order valence-corrected chi connectivity index (χ3v) is 4.00. The van der Waals surface area contributed by atoms with E-state index in [2.05, 4.69) is 5.32 Å². The molecular weight excluding hydrogens is 354 g/mol. The summed E-state index contributed by atoms with van der Waals surface area (Å²) in [6.07, 6.45) is 0.0519. The van der Waals surface area contributed by atoms with E-state index in [1.165, 1.54) is 36.1 Å². The summed E-state index contributed by atoms with van der Waals surface area (Å²) in [6, 6.07) is 10.4. The minimum atomic E-state index is -0.445. The number of rotatable bonds is 5. The van der Waals surface area contributed by atoms with E-state index in [1.807, 2.05) is 0 Å². The first kappa shape index (κ1) is 18.2. The average Bonchev–Trinajstić information content (AvgIpc) is 2.51. The van der Waals surface area contributed by atoms with Crippen molar-refractivity contribution in [2.45, 2.75) is 13.3 Å². The lowest BCUT2D eigenvalue weighted by molar-refractivity contribution is -0.117. The van der Waals surface area contributed by atoms with Gasteiger partial charge in [0.05, 0.1) is 10.0 Å². The lowest BCUT2D eigenvalue weighted by Gasteiger charge is -2.21. The molecule has 2 amide bonds. The summed E-state index contributed by atoms with van der Waals surface area (Å²) in [5.74, 6) is -1.02. The summed E-state index contributed by atoms with van der Waals surface area (Å²) in [4.78, 5) is 25.1. The number of hydrogen-bond donors (Lipinski definition) is 1. The normalized spacial score (nSPS) is 10.3. The molecule has 0 bridgehead atoms. The number of hydrogen-bond acceptors (Lipinski definition) is 2. The Labute approximate surface area is 149 Å². The van der Waals surface area contributed by atoms with Gasteiger partial charge in [-0.05, 0) is 36.4 Å². The van der Waals surface area contributed by atoms with Crippen LogP contribution in [0.4, 0.5) is 15.8 Å². The number of benzene rings is 2. The standard InChI is InChI=1S/C17H15Cl2FN2O2/c1-11(23)22(14-4-2-3-12(20)9-14)8-7-17(24)21-13-5-6-15(18)16(19)10-13/h2-6,9-10H,7-8H2,1H3,(H,21,24). The highest BCUT2D eigenvalue weighted by Crippen LogP contribution is 2.25. The predicted molar refractivity (Wildman–Crippen MR) is 94.1 cm³/mol. The Morgan fingerprint density at radius 3 is 2.50 bits per heavy atom. The first-order chi connectivity index (χ1) is 11.4. The maximum atomic E-state index is 13.3. The van der Waals surface area contributed by atoms with Gasteiger partial charge in [0.15, 0.2) is 0 Å². The van der Waals surface area contributed by atoms with Gasteiger partial charge in [-0.15, -0.1) is 0 Å². The average molecular weight is 369 g/mol. The molecule has 0 fully saturated rings. The Bertz CT molecular complexity index is 768. The predicted octanol–water partition coefficient (Wildman–Crippen LogP) is 4.51. The zero-order chi connectivity index (χ0) is 17.7. The summed E-state index contributed by atoms with van der Waals surface area (Å²) in [7, 11) is 0. The van der Waals surface area contributed by atoms with Crippen molar-refractivity contribution < 1.29 is 14.0 Å². The Balaban J connectivity index is 2.00. The fraction of sp³-hybridized carbons (Fsp3) is 0.176. The van der Waals surface area contributed by atoms with Gasteiger partial charge >= 0.3 is 0 Å². The number of carbonyl (C=O) groups excluding carboxylic acids is 2. The van der Waals surface area contributed by atoms with Gasteiger partial charge in [-0.1, -0.05) is 29.3 Å². The maximum Gasteiger partial charge on any atom is 0.226 e. The smallest absolute Gasteiger partial charge is 0.226 e. The monoisotopic (exact) mass is 368 g/mol. The van der Waals surface area contributed by atoms with Gasteiger partial charge in [0.25, 0.3) is 0 Å². The molecular formula is C17H15Cl2FN2O2. The van der Waals surface area contributed by atoms with Gasteiger partial charge in [0.2, 0.25) is 11.8 Å². The second kappa shape index (κ2) is 8.13. The van der Waals surface area contributed by atoms with E-state index in [1.54, 1.807) is 18.2 Å². The van der Waals surface area contributed by atoms with Crippen molar-refractivity contribution in [1.82, 2.24) is 0 Å². The van der Waals surface area contributed by atoms with Gasteiger partial charge in [-0.25, -0.2) is 4.39 Å². The van der Waals surface area contributed by atoms with E-state index < -0.39 is 5.82 Å². The molecule has 2 aromatic carbocycles. The minimum Gasteiger partial charge on any atom is -0.326 e. The Kier molecular flexibility index (Phi) is 6.17. The third kappa shape index (κ3) is 4.94. The van der Waals surface area contributed by atoms with E-state index in [0.717, 1.165) is 0 Å². The molecule has 0 saturated carbocycles. The van der Waals surface area contributed by atoms with Gasteiger partial charge in [0, 0.05) is 31.3 Å². The molecule has 0 spiro atoms. The van der Waals surface area contributed by atoms with E-state index in [9.17, 15) is 14.0 Å². The van der Waals surface area contributed by atoms with Crippen LogP contribution in [0.25, 0.3) is 0 Å². The van der Waals surface area contributed by atoms with Crippen LogP contribution >= 0.6 is 23.2 Å². The molecule has 126 valence electrons. The first-order valence-corrected chi connectivity index (χ1v) is 7.91. The largest absolute Gasteiger partial charge is 0.326 e. The number of nitrogens with one attached hydrogen (secondary N) is 1. The van der Waals surface area contributed by atoms with Gasteiger partial charge in [-0.2, -0.15) is 0 Å². The topological polar surface area (TPSA) is 49.4 Å². The van der Waals surface area contributed by atoms with Gasteiger partial charge in [-0.3, -0.25) is 9.59 Å². The van der Waals surface area contributed by atoms with Crippen LogP contribution in [-0.4, -0.2) is 18.4 Å².